The Kier molecular flexibility index (Phi) is 4.96. The summed E-state index contributed by atoms with van der Waals surface area (Å²) in [7, 11) is 0. The van der Waals surface area contributed by atoms with E-state index in [1.165, 1.54) is 11.3 Å². The van der Waals surface area contributed by atoms with Gasteiger partial charge < -0.3 is 15.0 Å². The normalized spacial score (nSPS) is 11.7. The molecule has 0 aromatic carbocycles. The van der Waals surface area contributed by atoms with Crippen LogP contribution in [-0.4, -0.2) is 11.1 Å². The molecule has 0 unspecified atom stereocenters. The van der Waals surface area contributed by atoms with Crippen LogP contribution >= 0.6 is 11.3 Å². The Hall–Kier alpha value is 0.130. The molecule has 3 nitrogen and oxygen atoms in total. The van der Waals surface area contributed by atoms with Crippen molar-refractivity contribution in [1.82, 2.24) is 0 Å². The quantitative estimate of drug-likeness (QED) is 0.481. The Balaban J connectivity index is 0.000001000. The van der Waals surface area contributed by atoms with E-state index in [2.05, 4.69) is 0 Å². The van der Waals surface area contributed by atoms with Gasteiger partial charge in [-0.3, -0.25) is 0 Å². The Morgan fingerprint density at radius 2 is 2.36 bits per heavy atom. The van der Waals surface area contributed by atoms with Crippen molar-refractivity contribution < 1.29 is 44.6 Å². The maximum Gasteiger partial charge on any atom is 1.00 e. The number of carbonyl (C=O) groups excluding carboxylic acids is 1. The van der Waals surface area contributed by atoms with Gasteiger partial charge in [0.2, 0.25) is 0 Å². The molecular weight excluding hydrogens is 175 g/mol. The van der Waals surface area contributed by atoms with Crippen LogP contribution in [0.3, 0.4) is 0 Å². The van der Waals surface area contributed by atoms with E-state index in [0.29, 0.717) is 4.88 Å². The van der Waals surface area contributed by atoms with Gasteiger partial charge in [0.25, 0.3) is 0 Å². The maximum atomic E-state index is 10.0. The molecule has 0 amide bonds. The van der Waals surface area contributed by atoms with Crippen LogP contribution in [0.5, 0.6) is 0 Å². The third-order valence-corrected chi connectivity index (χ3v) is 1.96. The third kappa shape index (κ3) is 2.92. The summed E-state index contributed by atoms with van der Waals surface area (Å²) in [6, 6.07) is 3.22. The van der Waals surface area contributed by atoms with E-state index in [0.717, 1.165) is 0 Å². The van der Waals surface area contributed by atoms with Gasteiger partial charge in [-0.15, -0.1) is 11.3 Å². The Bertz CT molecular complexity index is 222. The Morgan fingerprint density at radius 3 is 2.73 bits per heavy atom. The van der Waals surface area contributed by atoms with Crippen molar-refractivity contribution >= 4 is 17.3 Å². The fraction of sp³-hybridized carbons (Fsp3) is 0.167. The second kappa shape index (κ2) is 4.90. The van der Waals surface area contributed by atoms with E-state index < -0.39 is 12.1 Å². The number of aliphatic carboxylic acids is 1. The van der Waals surface area contributed by atoms with Gasteiger partial charge in [-0.05, 0) is 11.4 Å². The molecule has 0 saturated heterocycles. The predicted molar refractivity (Wildman–Crippen MR) is 34.3 cm³/mol. The smallest absolute Gasteiger partial charge is 0.547 e. The fourth-order valence-corrected chi connectivity index (χ4v) is 1.26. The number of aliphatic hydroxyl groups excluding tert-OH is 1. The van der Waals surface area contributed by atoms with Crippen LogP contribution in [0.25, 0.3) is 0 Å². The first kappa shape index (κ1) is 11.1. The summed E-state index contributed by atoms with van der Waals surface area (Å²) in [4.78, 5) is 10.4. The predicted octanol–water partition coefficient (Wildman–Crippen LogP) is -3.46. The first-order valence-electron chi connectivity index (χ1n) is 2.64. The van der Waals surface area contributed by atoms with Gasteiger partial charge in [-0.25, -0.2) is 0 Å². The molecule has 1 heterocycles. The number of carboxylic acids is 1. The minimum Gasteiger partial charge on any atom is -0.547 e. The van der Waals surface area contributed by atoms with Crippen molar-refractivity contribution in [2.45, 2.75) is 6.10 Å². The van der Waals surface area contributed by atoms with Gasteiger partial charge in [0, 0.05) is 4.88 Å². The Morgan fingerprint density at radius 1 is 1.73 bits per heavy atom. The van der Waals surface area contributed by atoms with Crippen LogP contribution in [0, 0.1) is 0 Å². The molecule has 0 aliphatic heterocycles. The van der Waals surface area contributed by atoms with Crippen LogP contribution in [0.4, 0.5) is 0 Å². The fourth-order valence-electron chi connectivity index (χ4n) is 0.563. The van der Waals surface area contributed by atoms with Crippen molar-refractivity contribution in [3.63, 3.8) is 0 Å². The van der Waals surface area contributed by atoms with Gasteiger partial charge in [-0.2, -0.15) is 0 Å². The zero-order chi connectivity index (χ0) is 7.56. The summed E-state index contributed by atoms with van der Waals surface area (Å²) in [6.45, 7) is 0. The van der Waals surface area contributed by atoms with Crippen LogP contribution in [0.1, 0.15) is 11.0 Å². The SMILES string of the molecule is O=C([O-])[C@@H](O)c1cccs1.[Na+]. The molecule has 11 heavy (non-hydrogen) atoms. The second-order valence-electron chi connectivity index (χ2n) is 1.74. The van der Waals surface area contributed by atoms with Crippen LogP contribution in [0.15, 0.2) is 17.5 Å². The van der Waals surface area contributed by atoms with Crippen LogP contribution in [0.2, 0.25) is 0 Å². The van der Waals surface area contributed by atoms with Gasteiger partial charge in [0.15, 0.2) is 0 Å². The first-order chi connectivity index (χ1) is 4.72. The number of aliphatic hydroxyl groups is 1. The molecule has 1 rings (SSSR count). The summed E-state index contributed by atoms with van der Waals surface area (Å²) in [5.74, 6) is -1.46. The second-order valence-corrected chi connectivity index (χ2v) is 2.72. The van der Waals surface area contributed by atoms with Crippen molar-refractivity contribution in [1.29, 1.82) is 0 Å². The molecule has 0 fully saturated rings. The molecular formula is C6H5NaO3S. The largest absolute Gasteiger partial charge is 1.00 e. The topological polar surface area (TPSA) is 60.4 Å². The number of carboxylic acid groups (broad SMARTS) is 1. The summed E-state index contributed by atoms with van der Waals surface area (Å²) < 4.78 is 0. The summed E-state index contributed by atoms with van der Waals surface area (Å²) in [6.07, 6.45) is -1.47. The van der Waals surface area contributed by atoms with E-state index in [-0.39, 0.29) is 29.6 Å². The van der Waals surface area contributed by atoms with E-state index in [1.54, 1.807) is 17.5 Å². The number of hydrogen-bond acceptors (Lipinski definition) is 4. The third-order valence-electron chi connectivity index (χ3n) is 1.04. The zero-order valence-electron chi connectivity index (χ0n) is 5.98. The minimum atomic E-state index is -1.47. The van der Waals surface area contributed by atoms with Crippen molar-refractivity contribution in [2.24, 2.45) is 0 Å². The first-order valence-corrected chi connectivity index (χ1v) is 3.52. The van der Waals surface area contributed by atoms with Gasteiger partial charge in [-0.1, -0.05) is 6.07 Å². The zero-order valence-corrected chi connectivity index (χ0v) is 8.80. The molecule has 1 N–H and O–H groups in total. The van der Waals surface area contributed by atoms with E-state index in [4.69, 9.17) is 5.11 Å². The molecule has 0 spiro atoms. The van der Waals surface area contributed by atoms with E-state index in [1.807, 2.05) is 0 Å². The van der Waals surface area contributed by atoms with E-state index >= 15 is 0 Å². The molecule has 0 radical (unpaired) electrons. The number of thiophene rings is 1. The van der Waals surface area contributed by atoms with Crippen LogP contribution in [-0.2, 0) is 4.79 Å². The molecule has 5 heteroatoms. The average molecular weight is 180 g/mol. The van der Waals surface area contributed by atoms with E-state index in [9.17, 15) is 9.90 Å². The average Bonchev–Trinajstić information content (AvgIpc) is 2.36. The Labute approximate surface area is 90.0 Å². The van der Waals surface area contributed by atoms with Gasteiger partial charge in [0.05, 0.1) is 5.97 Å². The molecule has 1 atom stereocenters. The maximum absolute atomic E-state index is 10.0. The standard InChI is InChI=1S/C6H6O3S.Na/c7-5(6(8)9)4-2-1-3-10-4;/h1-3,5,7H,(H,8,9);/q;+1/p-1/t5-;/m0./s1. The van der Waals surface area contributed by atoms with Gasteiger partial charge in [0.1, 0.15) is 6.10 Å². The number of hydrogen-bond donors (Lipinski definition) is 1. The summed E-state index contributed by atoms with van der Waals surface area (Å²) in [5.41, 5.74) is 0. The van der Waals surface area contributed by atoms with Crippen molar-refractivity contribution in [3.8, 4) is 0 Å². The molecule has 54 valence electrons. The number of rotatable bonds is 2. The molecule has 0 saturated carbocycles. The molecule has 1 aromatic heterocycles. The summed E-state index contributed by atoms with van der Waals surface area (Å²) in [5, 5.41) is 20.6. The molecule has 1 aromatic rings. The summed E-state index contributed by atoms with van der Waals surface area (Å²) >= 11 is 1.19. The molecule has 0 aliphatic carbocycles. The van der Waals surface area contributed by atoms with Crippen molar-refractivity contribution in [2.75, 3.05) is 0 Å². The molecule has 0 aliphatic rings. The molecule has 0 bridgehead atoms. The van der Waals surface area contributed by atoms with Crippen LogP contribution < -0.4 is 34.7 Å². The van der Waals surface area contributed by atoms with Crippen molar-refractivity contribution in [3.05, 3.63) is 22.4 Å². The van der Waals surface area contributed by atoms with Gasteiger partial charge >= 0.3 is 29.6 Å². The monoisotopic (exact) mass is 180 g/mol. The minimum absolute atomic E-state index is 0. The number of carbonyl (C=O) groups is 1.